The molecule has 0 fully saturated rings. The van der Waals surface area contributed by atoms with Crippen LogP contribution in [-0.2, 0) is 11.2 Å². The minimum atomic E-state index is 0.453. The predicted octanol–water partition coefficient (Wildman–Crippen LogP) is 4.59. The highest BCUT2D eigenvalue weighted by atomic mass is 16.5. The van der Waals surface area contributed by atoms with Crippen LogP contribution in [0.2, 0.25) is 0 Å². The molecule has 17 heavy (non-hydrogen) atoms. The molecule has 1 atom stereocenters. The lowest BCUT2D eigenvalue weighted by Gasteiger charge is -2.18. The molecule has 1 aromatic carbocycles. The van der Waals surface area contributed by atoms with Crippen molar-refractivity contribution in [2.24, 2.45) is 5.92 Å². The second kappa shape index (κ2) is 7.94. The van der Waals surface area contributed by atoms with E-state index in [1.807, 2.05) is 0 Å². The van der Waals surface area contributed by atoms with E-state index in [1.54, 1.807) is 7.11 Å². The first-order chi connectivity index (χ1) is 8.27. The lowest BCUT2D eigenvalue weighted by atomic mass is 9.92. The van der Waals surface area contributed by atoms with E-state index in [-0.39, 0.29) is 0 Å². The van der Waals surface area contributed by atoms with Crippen molar-refractivity contribution in [3.05, 3.63) is 48.2 Å². The van der Waals surface area contributed by atoms with Crippen molar-refractivity contribution in [3.8, 4) is 0 Å². The smallest absolute Gasteiger partial charge is 0.0918 e. The fraction of sp³-hybridized carbons (Fsp3) is 0.500. The Balaban J connectivity index is 2.54. The summed E-state index contributed by atoms with van der Waals surface area (Å²) in [4.78, 5) is 0. The lowest BCUT2D eigenvalue weighted by Crippen LogP contribution is -2.09. The number of unbranched alkanes of at least 4 members (excludes halogenated alkanes) is 2. The zero-order chi connectivity index (χ0) is 12.5. The summed E-state index contributed by atoms with van der Waals surface area (Å²) in [5.74, 6) is 1.37. The number of allylic oxidation sites excluding steroid dienone is 1. The van der Waals surface area contributed by atoms with E-state index >= 15 is 0 Å². The van der Waals surface area contributed by atoms with Gasteiger partial charge in [0, 0.05) is 5.92 Å². The van der Waals surface area contributed by atoms with Gasteiger partial charge in [-0.2, -0.15) is 0 Å². The van der Waals surface area contributed by atoms with Gasteiger partial charge in [0.15, 0.2) is 0 Å². The third-order valence-corrected chi connectivity index (χ3v) is 3.20. The molecule has 0 aliphatic carbocycles. The van der Waals surface area contributed by atoms with E-state index in [9.17, 15) is 0 Å². The molecule has 0 saturated carbocycles. The van der Waals surface area contributed by atoms with E-state index in [4.69, 9.17) is 4.74 Å². The van der Waals surface area contributed by atoms with Gasteiger partial charge in [-0.25, -0.2) is 0 Å². The van der Waals surface area contributed by atoms with Crippen molar-refractivity contribution < 1.29 is 4.74 Å². The summed E-state index contributed by atoms with van der Waals surface area (Å²) in [5, 5.41) is 0. The molecule has 0 N–H and O–H groups in total. The lowest BCUT2D eigenvalue weighted by molar-refractivity contribution is 0.234. The number of hydrogen-bond acceptors (Lipinski definition) is 1. The van der Waals surface area contributed by atoms with Gasteiger partial charge in [0.1, 0.15) is 0 Å². The Morgan fingerprint density at radius 1 is 1.24 bits per heavy atom. The molecule has 1 unspecified atom stereocenters. The van der Waals surface area contributed by atoms with Gasteiger partial charge >= 0.3 is 0 Å². The Morgan fingerprint density at radius 2 is 1.94 bits per heavy atom. The van der Waals surface area contributed by atoms with Crippen molar-refractivity contribution in [2.75, 3.05) is 7.11 Å². The first-order valence-corrected chi connectivity index (χ1v) is 6.54. The van der Waals surface area contributed by atoms with Crippen molar-refractivity contribution in [1.82, 2.24) is 0 Å². The molecule has 1 rings (SSSR count). The molecular weight excluding hydrogens is 208 g/mol. The number of ether oxygens (including phenoxy) is 1. The van der Waals surface area contributed by atoms with Gasteiger partial charge in [-0.1, -0.05) is 63.1 Å². The standard InChI is InChI=1S/C16H24O/c1-4-5-7-12-16(14(2)17-3)13-15-10-8-6-9-11-15/h6,8-11,16H,2,4-5,7,12-13H2,1,3H3. The molecular formula is C16H24O. The highest BCUT2D eigenvalue weighted by Crippen LogP contribution is 2.22. The van der Waals surface area contributed by atoms with Crippen molar-refractivity contribution in [2.45, 2.75) is 39.0 Å². The van der Waals surface area contributed by atoms with Crippen LogP contribution < -0.4 is 0 Å². The molecule has 0 amide bonds. The van der Waals surface area contributed by atoms with Crippen LogP contribution >= 0.6 is 0 Å². The summed E-state index contributed by atoms with van der Waals surface area (Å²) in [7, 11) is 1.72. The van der Waals surface area contributed by atoms with Crippen LogP contribution in [0.5, 0.6) is 0 Å². The van der Waals surface area contributed by atoms with Crippen LogP contribution in [0.25, 0.3) is 0 Å². The first kappa shape index (κ1) is 13.8. The van der Waals surface area contributed by atoms with Gasteiger partial charge in [0.05, 0.1) is 12.9 Å². The summed E-state index contributed by atoms with van der Waals surface area (Å²) in [6.45, 7) is 6.26. The molecule has 0 radical (unpaired) electrons. The SMILES string of the molecule is C=C(OC)C(CCCCC)Cc1ccccc1. The minimum absolute atomic E-state index is 0.453. The van der Waals surface area contributed by atoms with Gasteiger partial charge in [-0.3, -0.25) is 0 Å². The Bertz CT molecular complexity index is 316. The Hall–Kier alpha value is -1.24. The van der Waals surface area contributed by atoms with Crippen molar-refractivity contribution >= 4 is 0 Å². The minimum Gasteiger partial charge on any atom is -0.501 e. The molecule has 0 heterocycles. The fourth-order valence-electron chi connectivity index (χ4n) is 2.08. The Morgan fingerprint density at radius 3 is 2.53 bits per heavy atom. The average molecular weight is 232 g/mol. The molecule has 1 heteroatoms. The van der Waals surface area contributed by atoms with E-state index in [0.717, 1.165) is 12.2 Å². The van der Waals surface area contributed by atoms with Gasteiger partial charge < -0.3 is 4.74 Å². The maximum Gasteiger partial charge on any atom is 0.0918 e. The predicted molar refractivity (Wildman–Crippen MR) is 73.9 cm³/mol. The zero-order valence-corrected chi connectivity index (χ0v) is 11.1. The van der Waals surface area contributed by atoms with Crippen LogP contribution in [-0.4, -0.2) is 7.11 Å². The molecule has 0 spiro atoms. The van der Waals surface area contributed by atoms with Crippen LogP contribution in [0, 0.1) is 5.92 Å². The second-order valence-electron chi connectivity index (χ2n) is 4.55. The fourth-order valence-corrected chi connectivity index (χ4v) is 2.08. The Kier molecular flexibility index (Phi) is 6.46. The summed E-state index contributed by atoms with van der Waals surface area (Å²) < 4.78 is 5.32. The number of rotatable bonds is 8. The molecule has 0 bridgehead atoms. The summed E-state index contributed by atoms with van der Waals surface area (Å²) >= 11 is 0. The van der Waals surface area contributed by atoms with Crippen molar-refractivity contribution in [3.63, 3.8) is 0 Å². The third-order valence-electron chi connectivity index (χ3n) is 3.20. The largest absolute Gasteiger partial charge is 0.501 e. The molecule has 1 aromatic rings. The van der Waals surface area contributed by atoms with Gasteiger partial charge in [-0.15, -0.1) is 0 Å². The highest BCUT2D eigenvalue weighted by Gasteiger charge is 2.13. The van der Waals surface area contributed by atoms with E-state index in [0.29, 0.717) is 5.92 Å². The molecule has 0 aliphatic rings. The average Bonchev–Trinajstić information content (AvgIpc) is 2.38. The topological polar surface area (TPSA) is 9.23 Å². The second-order valence-corrected chi connectivity index (χ2v) is 4.55. The zero-order valence-electron chi connectivity index (χ0n) is 11.1. The third kappa shape index (κ3) is 5.08. The van der Waals surface area contributed by atoms with Crippen LogP contribution in [0.1, 0.15) is 38.2 Å². The van der Waals surface area contributed by atoms with Crippen LogP contribution in [0.4, 0.5) is 0 Å². The van der Waals surface area contributed by atoms with Crippen molar-refractivity contribution in [1.29, 1.82) is 0 Å². The number of hydrogen-bond donors (Lipinski definition) is 0. The number of methoxy groups -OCH3 is 1. The monoisotopic (exact) mass is 232 g/mol. The molecule has 94 valence electrons. The normalized spacial score (nSPS) is 12.1. The maximum atomic E-state index is 5.32. The maximum absolute atomic E-state index is 5.32. The number of benzene rings is 1. The van der Waals surface area contributed by atoms with E-state index in [2.05, 4.69) is 43.8 Å². The summed E-state index contributed by atoms with van der Waals surface area (Å²) in [5.41, 5.74) is 1.37. The van der Waals surface area contributed by atoms with E-state index in [1.165, 1.54) is 31.2 Å². The van der Waals surface area contributed by atoms with Gasteiger partial charge in [-0.05, 0) is 18.4 Å². The van der Waals surface area contributed by atoms with E-state index < -0.39 is 0 Å². The highest BCUT2D eigenvalue weighted by molar-refractivity contribution is 5.16. The molecule has 0 aromatic heterocycles. The quantitative estimate of drug-likeness (QED) is 0.470. The Labute approximate surface area is 106 Å². The van der Waals surface area contributed by atoms with Crippen LogP contribution in [0.3, 0.4) is 0 Å². The summed E-state index contributed by atoms with van der Waals surface area (Å²) in [6, 6.07) is 10.6. The van der Waals surface area contributed by atoms with Gasteiger partial charge in [0.2, 0.25) is 0 Å². The molecule has 0 saturated heterocycles. The first-order valence-electron chi connectivity index (χ1n) is 6.54. The summed E-state index contributed by atoms with van der Waals surface area (Å²) in [6.07, 6.45) is 6.03. The van der Waals surface area contributed by atoms with Crippen LogP contribution in [0.15, 0.2) is 42.7 Å². The van der Waals surface area contributed by atoms with Gasteiger partial charge in [0.25, 0.3) is 0 Å². The molecule has 1 nitrogen and oxygen atoms in total. The molecule has 0 aliphatic heterocycles.